The van der Waals surface area contributed by atoms with E-state index >= 15 is 0 Å². The van der Waals surface area contributed by atoms with Gasteiger partial charge >= 0.3 is 0 Å². The lowest BCUT2D eigenvalue weighted by Crippen LogP contribution is -2.44. The predicted octanol–water partition coefficient (Wildman–Crippen LogP) is 2.21. The van der Waals surface area contributed by atoms with Crippen LogP contribution in [0.25, 0.3) is 0 Å². The summed E-state index contributed by atoms with van der Waals surface area (Å²) in [6, 6.07) is 9.52. The van der Waals surface area contributed by atoms with Crippen molar-refractivity contribution in [2.45, 2.75) is 32.4 Å². The number of hydrogen-bond acceptors (Lipinski definition) is 3. The summed E-state index contributed by atoms with van der Waals surface area (Å²) in [7, 11) is 1.64. The molecule has 0 aliphatic carbocycles. The number of amides is 1. The predicted molar refractivity (Wildman–Crippen MR) is 83.9 cm³/mol. The minimum atomic E-state index is -0.412. The number of benzene rings is 1. The van der Waals surface area contributed by atoms with Gasteiger partial charge in [0.05, 0.1) is 12.6 Å². The molecule has 0 fully saturated rings. The standard InChI is InChI=1S/C15H24N2O2.ClH/c1-3-7-14(16)15(18)17(10-11-19-2)12-13-8-5-4-6-9-13;/h4-6,8-9,14H,3,7,10-12,16H2,1-2H3;1H. The third-order valence-electron chi connectivity index (χ3n) is 3.01. The van der Waals surface area contributed by atoms with Gasteiger partial charge in [-0.3, -0.25) is 4.79 Å². The fourth-order valence-electron chi connectivity index (χ4n) is 1.94. The second-order valence-electron chi connectivity index (χ2n) is 4.63. The van der Waals surface area contributed by atoms with Crippen molar-refractivity contribution in [3.05, 3.63) is 35.9 Å². The molecule has 0 saturated carbocycles. The summed E-state index contributed by atoms with van der Waals surface area (Å²) < 4.78 is 5.07. The first-order valence-electron chi connectivity index (χ1n) is 6.76. The van der Waals surface area contributed by atoms with Gasteiger partial charge in [-0.15, -0.1) is 12.4 Å². The Morgan fingerprint density at radius 3 is 2.55 bits per heavy atom. The average Bonchev–Trinajstić information content (AvgIpc) is 2.44. The Hall–Kier alpha value is -1.10. The molecular weight excluding hydrogens is 276 g/mol. The van der Waals surface area contributed by atoms with Crippen molar-refractivity contribution in [3.63, 3.8) is 0 Å². The van der Waals surface area contributed by atoms with Crippen LogP contribution in [-0.4, -0.2) is 37.1 Å². The van der Waals surface area contributed by atoms with E-state index < -0.39 is 6.04 Å². The summed E-state index contributed by atoms with van der Waals surface area (Å²) in [5, 5.41) is 0. The highest BCUT2D eigenvalue weighted by Gasteiger charge is 2.20. The zero-order valence-electron chi connectivity index (χ0n) is 12.2. The largest absolute Gasteiger partial charge is 0.383 e. The molecule has 4 nitrogen and oxygen atoms in total. The van der Waals surface area contributed by atoms with Gasteiger partial charge in [0.2, 0.25) is 5.91 Å². The van der Waals surface area contributed by atoms with Crippen LogP contribution in [0.2, 0.25) is 0 Å². The van der Waals surface area contributed by atoms with Gasteiger partial charge in [-0.2, -0.15) is 0 Å². The maximum absolute atomic E-state index is 12.3. The average molecular weight is 301 g/mol. The first kappa shape index (κ1) is 18.9. The molecule has 1 rings (SSSR count). The maximum Gasteiger partial charge on any atom is 0.239 e. The molecule has 0 aromatic heterocycles. The molecule has 0 spiro atoms. The normalized spacial score (nSPS) is 11.6. The summed E-state index contributed by atoms with van der Waals surface area (Å²) in [6.07, 6.45) is 1.63. The SMILES string of the molecule is CCCC(N)C(=O)N(CCOC)Cc1ccccc1.Cl. The van der Waals surface area contributed by atoms with Crippen LogP contribution in [0.5, 0.6) is 0 Å². The fourth-order valence-corrected chi connectivity index (χ4v) is 1.94. The molecule has 0 radical (unpaired) electrons. The number of nitrogens with two attached hydrogens (primary N) is 1. The molecule has 0 bridgehead atoms. The van der Waals surface area contributed by atoms with Crippen molar-refractivity contribution in [2.24, 2.45) is 5.73 Å². The van der Waals surface area contributed by atoms with Crippen molar-refractivity contribution in [2.75, 3.05) is 20.3 Å². The molecule has 0 aliphatic rings. The number of carbonyl (C=O) groups is 1. The Balaban J connectivity index is 0.00000361. The lowest BCUT2D eigenvalue weighted by molar-refractivity contribution is -0.134. The maximum atomic E-state index is 12.3. The van der Waals surface area contributed by atoms with Crippen LogP contribution in [0.15, 0.2) is 30.3 Å². The van der Waals surface area contributed by atoms with Gasteiger partial charge in [0.25, 0.3) is 0 Å². The Labute approximate surface area is 127 Å². The number of hydrogen-bond donors (Lipinski definition) is 1. The number of rotatable bonds is 8. The molecule has 0 aliphatic heterocycles. The smallest absolute Gasteiger partial charge is 0.239 e. The number of halogens is 1. The topological polar surface area (TPSA) is 55.6 Å². The van der Waals surface area contributed by atoms with Crippen LogP contribution in [0.1, 0.15) is 25.3 Å². The number of methoxy groups -OCH3 is 1. The van der Waals surface area contributed by atoms with Gasteiger partial charge in [0.15, 0.2) is 0 Å². The van der Waals surface area contributed by atoms with E-state index in [4.69, 9.17) is 10.5 Å². The summed E-state index contributed by atoms with van der Waals surface area (Å²) in [6.45, 7) is 3.71. The van der Waals surface area contributed by atoms with Crippen molar-refractivity contribution >= 4 is 18.3 Å². The van der Waals surface area contributed by atoms with E-state index in [1.807, 2.05) is 37.3 Å². The quantitative estimate of drug-likeness (QED) is 0.801. The van der Waals surface area contributed by atoms with Gasteiger partial charge in [-0.25, -0.2) is 0 Å². The molecule has 1 aromatic carbocycles. The fraction of sp³-hybridized carbons (Fsp3) is 0.533. The van der Waals surface area contributed by atoms with Crippen LogP contribution in [-0.2, 0) is 16.1 Å². The third-order valence-corrected chi connectivity index (χ3v) is 3.01. The summed E-state index contributed by atoms with van der Waals surface area (Å²) >= 11 is 0. The van der Waals surface area contributed by atoms with E-state index in [1.54, 1.807) is 12.0 Å². The minimum Gasteiger partial charge on any atom is -0.383 e. The van der Waals surface area contributed by atoms with Crippen molar-refractivity contribution in [3.8, 4) is 0 Å². The highest BCUT2D eigenvalue weighted by Crippen LogP contribution is 2.07. The Morgan fingerprint density at radius 2 is 2.00 bits per heavy atom. The van der Waals surface area contributed by atoms with Crippen LogP contribution in [0, 0.1) is 0 Å². The second-order valence-corrected chi connectivity index (χ2v) is 4.63. The van der Waals surface area contributed by atoms with Gasteiger partial charge in [0.1, 0.15) is 0 Å². The van der Waals surface area contributed by atoms with E-state index in [0.717, 1.165) is 18.4 Å². The van der Waals surface area contributed by atoms with Crippen LogP contribution in [0.4, 0.5) is 0 Å². The molecule has 114 valence electrons. The summed E-state index contributed by atoms with van der Waals surface area (Å²) in [5.74, 6) is 0.00255. The molecule has 1 aromatic rings. The first-order chi connectivity index (χ1) is 9.19. The van der Waals surface area contributed by atoms with E-state index in [2.05, 4.69) is 0 Å². The highest BCUT2D eigenvalue weighted by molar-refractivity contribution is 5.85. The number of carbonyl (C=O) groups excluding carboxylic acids is 1. The third kappa shape index (κ3) is 6.37. The van der Waals surface area contributed by atoms with Gasteiger partial charge in [0, 0.05) is 20.2 Å². The van der Waals surface area contributed by atoms with Gasteiger partial charge in [-0.05, 0) is 12.0 Å². The molecule has 1 amide bonds. The molecule has 1 atom stereocenters. The Morgan fingerprint density at radius 1 is 1.35 bits per heavy atom. The second kappa shape index (κ2) is 10.7. The molecule has 0 saturated heterocycles. The lowest BCUT2D eigenvalue weighted by Gasteiger charge is -2.25. The van der Waals surface area contributed by atoms with Crippen LogP contribution in [0.3, 0.4) is 0 Å². The van der Waals surface area contributed by atoms with Crippen molar-refractivity contribution in [1.82, 2.24) is 4.90 Å². The minimum absolute atomic E-state index is 0. The number of nitrogens with zero attached hydrogens (tertiary/aromatic N) is 1. The molecule has 5 heteroatoms. The van der Waals surface area contributed by atoms with Crippen molar-refractivity contribution < 1.29 is 9.53 Å². The molecule has 2 N–H and O–H groups in total. The van der Waals surface area contributed by atoms with E-state index in [1.165, 1.54) is 0 Å². The molecule has 20 heavy (non-hydrogen) atoms. The molecule has 0 heterocycles. The highest BCUT2D eigenvalue weighted by atomic mass is 35.5. The summed E-state index contributed by atoms with van der Waals surface area (Å²) in [5.41, 5.74) is 7.03. The zero-order valence-corrected chi connectivity index (χ0v) is 13.1. The van der Waals surface area contributed by atoms with Gasteiger partial charge in [-0.1, -0.05) is 43.7 Å². The van der Waals surface area contributed by atoms with Gasteiger partial charge < -0.3 is 15.4 Å². The van der Waals surface area contributed by atoms with Crippen LogP contribution >= 0.6 is 12.4 Å². The zero-order chi connectivity index (χ0) is 14.1. The van der Waals surface area contributed by atoms with E-state index in [9.17, 15) is 4.79 Å². The first-order valence-corrected chi connectivity index (χ1v) is 6.76. The Bertz CT molecular complexity index is 373. The lowest BCUT2D eigenvalue weighted by atomic mass is 10.1. The Kier molecular flexibility index (Phi) is 10.1. The van der Waals surface area contributed by atoms with E-state index in [-0.39, 0.29) is 18.3 Å². The summed E-state index contributed by atoms with van der Waals surface area (Å²) in [4.78, 5) is 14.1. The van der Waals surface area contributed by atoms with Crippen LogP contribution < -0.4 is 5.73 Å². The van der Waals surface area contributed by atoms with E-state index in [0.29, 0.717) is 19.7 Å². The van der Waals surface area contributed by atoms with Crippen molar-refractivity contribution in [1.29, 1.82) is 0 Å². The molecule has 1 unspecified atom stereocenters. The molecular formula is C15H25ClN2O2. The number of ether oxygens (including phenoxy) is 1. The monoisotopic (exact) mass is 300 g/mol.